The fourth-order valence-electron chi connectivity index (χ4n) is 1.56. The van der Waals surface area contributed by atoms with Crippen LogP contribution in [0.1, 0.15) is 26.5 Å². The van der Waals surface area contributed by atoms with Gasteiger partial charge in [-0.25, -0.2) is 4.79 Å². The molecule has 1 N–H and O–H groups in total. The first-order valence-corrected chi connectivity index (χ1v) is 6.70. The summed E-state index contributed by atoms with van der Waals surface area (Å²) in [5.74, 6) is 0.409. The summed E-state index contributed by atoms with van der Waals surface area (Å²) in [7, 11) is 4.70. The maximum atomic E-state index is 12.0. The molecule has 0 atom stereocenters. The predicted molar refractivity (Wildman–Crippen MR) is 80.2 cm³/mol. The second-order valence-corrected chi connectivity index (χ2v) is 5.77. The molecular weight excluding hydrogens is 272 g/mol. The Balaban J connectivity index is 2.62. The SMILES string of the molecule is COC(CN(C)C(=O)Nc1ccc(C(C)(C)C)nn1)OC. The van der Waals surface area contributed by atoms with Gasteiger partial charge >= 0.3 is 6.03 Å². The summed E-state index contributed by atoms with van der Waals surface area (Å²) in [4.78, 5) is 13.5. The van der Waals surface area contributed by atoms with Crippen LogP contribution < -0.4 is 5.32 Å². The normalized spacial score (nSPS) is 11.6. The van der Waals surface area contributed by atoms with Crippen molar-refractivity contribution in [2.45, 2.75) is 32.5 Å². The van der Waals surface area contributed by atoms with E-state index in [0.29, 0.717) is 12.4 Å². The summed E-state index contributed by atoms with van der Waals surface area (Å²) in [6.45, 7) is 6.47. The second kappa shape index (κ2) is 7.33. The van der Waals surface area contributed by atoms with E-state index < -0.39 is 6.29 Å². The van der Waals surface area contributed by atoms with Crippen LogP contribution >= 0.6 is 0 Å². The van der Waals surface area contributed by atoms with Crippen LogP contribution in [-0.2, 0) is 14.9 Å². The molecule has 0 unspecified atom stereocenters. The zero-order valence-electron chi connectivity index (χ0n) is 13.5. The van der Waals surface area contributed by atoms with Crippen molar-refractivity contribution in [3.05, 3.63) is 17.8 Å². The van der Waals surface area contributed by atoms with Gasteiger partial charge in [-0.05, 0) is 12.1 Å². The van der Waals surface area contributed by atoms with E-state index >= 15 is 0 Å². The summed E-state index contributed by atoms with van der Waals surface area (Å²) < 4.78 is 10.1. The van der Waals surface area contributed by atoms with Gasteiger partial charge in [-0.15, -0.1) is 5.10 Å². The number of carbonyl (C=O) groups excluding carboxylic acids is 1. The molecule has 1 aromatic heterocycles. The van der Waals surface area contributed by atoms with Crippen molar-refractivity contribution in [1.82, 2.24) is 15.1 Å². The Morgan fingerprint density at radius 1 is 1.29 bits per heavy atom. The van der Waals surface area contributed by atoms with Crippen LogP contribution in [0.25, 0.3) is 0 Å². The van der Waals surface area contributed by atoms with Crippen molar-refractivity contribution in [3.63, 3.8) is 0 Å². The van der Waals surface area contributed by atoms with Crippen molar-refractivity contribution < 1.29 is 14.3 Å². The van der Waals surface area contributed by atoms with Crippen molar-refractivity contribution in [1.29, 1.82) is 0 Å². The molecular formula is C14H24N4O3. The fourth-order valence-corrected chi connectivity index (χ4v) is 1.56. The number of methoxy groups -OCH3 is 2. The lowest BCUT2D eigenvalue weighted by atomic mass is 9.92. The molecule has 1 heterocycles. The molecule has 0 aliphatic rings. The average Bonchev–Trinajstić information content (AvgIpc) is 2.44. The monoisotopic (exact) mass is 296 g/mol. The van der Waals surface area contributed by atoms with E-state index in [9.17, 15) is 4.79 Å². The van der Waals surface area contributed by atoms with Gasteiger partial charge in [-0.1, -0.05) is 20.8 Å². The maximum Gasteiger partial charge on any atom is 0.322 e. The number of urea groups is 1. The van der Waals surface area contributed by atoms with E-state index in [1.807, 2.05) is 6.07 Å². The lowest BCUT2D eigenvalue weighted by Gasteiger charge is -2.22. The smallest absolute Gasteiger partial charge is 0.322 e. The largest absolute Gasteiger partial charge is 0.354 e. The highest BCUT2D eigenvalue weighted by atomic mass is 16.7. The Hall–Kier alpha value is -1.73. The van der Waals surface area contributed by atoms with Gasteiger partial charge in [0, 0.05) is 26.7 Å². The Morgan fingerprint density at radius 2 is 1.90 bits per heavy atom. The molecule has 0 aliphatic carbocycles. The first-order chi connectivity index (χ1) is 9.77. The Labute approximate surface area is 125 Å². The van der Waals surface area contributed by atoms with Crippen LogP contribution in [0.2, 0.25) is 0 Å². The number of hydrogen-bond acceptors (Lipinski definition) is 5. The third kappa shape index (κ3) is 5.28. The lowest BCUT2D eigenvalue weighted by Crippen LogP contribution is -2.38. The Kier molecular flexibility index (Phi) is 6.04. The molecule has 0 fully saturated rings. The molecule has 21 heavy (non-hydrogen) atoms. The molecule has 1 rings (SSSR count). The van der Waals surface area contributed by atoms with Gasteiger partial charge in [0.15, 0.2) is 12.1 Å². The minimum absolute atomic E-state index is 0.0729. The molecule has 1 aromatic rings. The van der Waals surface area contributed by atoms with Crippen LogP contribution in [0.5, 0.6) is 0 Å². The lowest BCUT2D eigenvalue weighted by molar-refractivity contribution is -0.108. The zero-order chi connectivity index (χ0) is 16.0. The number of nitrogens with one attached hydrogen (secondary N) is 1. The van der Waals surface area contributed by atoms with Gasteiger partial charge in [0.05, 0.1) is 12.2 Å². The predicted octanol–water partition coefficient (Wildman–Crippen LogP) is 1.86. The summed E-state index contributed by atoms with van der Waals surface area (Å²) in [6.07, 6.45) is -0.463. The molecule has 2 amide bonds. The van der Waals surface area contributed by atoms with Crippen molar-refractivity contribution >= 4 is 11.8 Å². The third-order valence-electron chi connectivity index (χ3n) is 2.96. The molecule has 0 spiro atoms. The van der Waals surface area contributed by atoms with E-state index in [1.54, 1.807) is 13.1 Å². The standard InChI is InChI=1S/C14H24N4O3/c1-14(2,3)10-7-8-11(17-16-10)15-13(19)18(4)9-12(20-5)21-6/h7-8,12H,9H2,1-6H3,(H,15,17,19). The number of nitrogens with zero attached hydrogens (tertiary/aromatic N) is 3. The number of rotatable bonds is 5. The van der Waals surface area contributed by atoms with Crippen LogP contribution in [0.4, 0.5) is 10.6 Å². The molecule has 118 valence electrons. The third-order valence-corrected chi connectivity index (χ3v) is 2.96. The number of aromatic nitrogens is 2. The molecule has 0 saturated carbocycles. The van der Waals surface area contributed by atoms with Crippen molar-refractivity contribution in [2.75, 3.05) is 33.1 Å². The van der Waals surface area contributed by atoms with Crippen LogP contribution in [-0.4, -0.2) is 55.2 Å². The zero-order valence-corrected chi connectivity index (χ0v) is 13.5. The van der Waals surface area contributed by atoms with Gasteiger partial charge in [0.2, 0.25) is 0 Å². The highest BCUT2D eigenvalue weighted by Gasteiger charge is 2.17. The van der Waals surface area contributed by atoms with Crippen molar-refractivity contribution in [2.24, 2.45) is 0 Å². The Bertz CT molecular complexity index is 452. The van der Waals surface area contributed by atoms with E-state index in [4.69, 9.17) is 9.47 Å². The van der Waals surface area contributed by atoms with Gasteiger partial charge < -0.3 is 14.4 Å². The minimum Gasteiger partial charge on any atom is -0.354 e. The average molecular weight is 296 g/mol. The summed E-state index contributed by atoms with van der Waals surface area (Å²) in [5, 5.41) is 10.8. The van der Waals surface area contributed by atoms with Crippen LogP contribution in [0.15, 0.2) is 12.1 Å². The molecule has 7 heteroatoms. The van der Waals surface area contributed by atoms with Gasteiger partial charge in [0.25, 0.3) is 0 Å². The van der Waals surface area contributed by atoms with Gasteiger partial charge in [0.1, 0.15) is 0 Å². The summed E-state index contributed by atoms with van der Waals surface area (Å²) >= 11 is 0. The molecule has 0 aromatic carbocycles. The number of amides is 2. The quantitative estimate of drug-likeness (QED) is 0.839. The number of carbonyl (C=O) groups is 1. The molecule has 0 bridgehead atoms. The molecule has 0 aliphatic heterocycles. The van der Waals surface area contributed by atoms with Crippen molar-refractivity contribution in [3.8, 4) is 0 Å². The highest BCUT2D eigenvalue weighted by Crippen LogP contribution is 2.19. The number of likely N-dealkylation sites (N-methyl/N-ethyl adjacent to an activating group) is 1. The van der Waals surface area contributed by atoms with Gasteiger partial charge in [-0.2, -0.15) is 5.10 Å². The van der Waals surface area contributed by atoms with E-state index in [1.165, 1.54) is 19.1 Å². The van der Waals surface area contributed by atoms with E-state index in [2.05, 4.69) is 36.3 Å². The van der Waals surface area contributed by atoms with Crippen LogP contribution in [0.3, 0.4) is 0 Å². The summed E-state index contributed by atoms with van der Waals surface area (Å²) in [6, 6.07) is 3.30. The number of hydrogen-bond donors (Lipinski definition) is 1. The maximum absolute atomic E-state index is 12.0. The summed E-state index contributed by atoms with van der Waals surface area (Å²) in [5.41, 5.74) is 0.795. The molecule has 0 saturated heterocycles. The highest BCUT2D eigenvalue weighted by molar-refractivity contribution is 5.87. The second-order valence-electron chi connectivity index (χ2n) is 5.77. The molecule has 0 radical (unpaired) electrons. The minimum atomic E-state index is -0.463. The first kappa shape index (κ1) is 17.3. The number of anilines is 1. The van der Waals surface area contributed by atoms with Gasteiger partial charge in [-0.3, -0.25) is 5.32 Å². The topological polar surface area (TPSA) is 76.6 Å². The van der Waals surface area contributed by atoms with E-state index in [0.717, 1.165) is 5.69 Å². The Morgan fingerprint density at radius 3 is 2.33 bits per heavy atom. The number of ether oxygens (including phenoxy) is 2. The fraction of sp³-hybridized carbons (Fsp3) is 0.643. The first-order valence-electron chi connectivity index (χ1n) is 6.70. The molecule has 7 nitrogen and oxygen atoms in total. The van der Waals surface area contributed by atoms with Crippen LogP contribution in [0, 0.1) is 0 Å². The van der Waals surface area contributed by atoms with E-state index in [-0.39, 0.29) is 11.4 Å².